The Morgan fingerprint density at radius 1 is 1.57 bits per heavy atom. The van der Waals surface area contributed by atoms with Crippen LogP contribution in [0.15, 0.2) is 29.2 Å². The van der Waals surface area contributed by atoms with Gasteiger partial charge in [-0.25, -0.2) is 0 Å². The highest BCUT2D eigenvalue weighted by Gasteiger charge is 2.11. The van der Waals surface area contributed by atoms with E-state index in [0.29, 0.717) is 0 Å². The summed E-state index contributed by atoms with van der Waals surface area (Å²) in [6.07, 6.45) is 6.52. The van der Waals surface area contributed by atoms with E-state index < -0.39 is 0 Å². The van der Waals surface area contributed by atoms with Crippen molar-refractivity contribution in [2.24, 2.45) is 0 Å². The molecule has 1 aromatic heterocycles. The fourth-order valence-corrected chi connectivity index (χ4v) is 3.88. The molecule has 1 heterocycles. The minimum Gasteiger partial charge on any atom is -0.149 e. The van der Waals surface area contributed by atoms with Gasteiger partial charge in [-0.05, 0) is 37.6 Å². The van der Waals surface area contributed by atoms with Gasteiger partial charge in [-0.1, -0.05) is 17.7 Å². The quantitative estimate of drug-likeness (QED) is 0.682. The molecule has 76 valence electrons. The molecule has 0 saturated heterocycles. The van der Waals surface area contributed by atoms with Gasteiger partial charge in [0.1, 0.15) is 0 Å². The minimum atomic E-state index is 0.769. The van der Waals surface area contributed by atoms with Crippen LogP contribution in [0.2, 0.25) is 0 Å². The summed E-state index contributed by atoms with van der Waals surface area (Å²) in [4.78, 5) is 1.51. The molecule has 1 aliphatic carbocycles. The minimum absolute atomic E-state index is 0.769. The van der Waals surface area contributed by atoms with Crippen LogP contribution in [0.25, 0.3) is 0 Å². The Hall–Kier alpha value is -0.210. The smallest absolute Gasteiger partial charge is 0.0284 e. The molecule has 0 amide bonds. The zero-order chi connectivity index (χ0) is 9.80. The van der Waals surface area contributed by atoms with E-state index in [1.807, 2.05) is 11.3 Å². The Morgan fingerprint density at radius 3 is 3.21 bits per heavy atom. The molecule has 2 rings (SSSR count). The average Bonchev–Trinajstić information content (AvgIpc) is 2.67. The fourth-order valence-electron chi connectivity index (χ4n) is 1.78. The molecule has 2 heteroatoms. The van der Waals surface area contributed by atoms with Gasteiger partial charge in [0.25, 0.3) is 0 Å². The molecule has 0 saturated carbocycles. The molecule has 1 aromatic rings. The molecule has 0 aliphatic heterocycles. The monoisotopic (exact) mass is 224 g/mol. The summed E-state index contributed by atoms with van der Waals surface area (Å²) < 4.78 is 0. The summed E-state index contributed by atoms with van der Waals surface area (Å²) in [6.45, 7) is 2.26. The predicted molar refractivity (Wildman–Crippen MR) is 67.0 cm³/mol. The second-order valence-corrected chi connectivity index (χ2v) is 6.09. The van der Waals surface area contributed by atoms with Crippen molar-refractivity contribution in [3.63, 3.8) is 0 Å². The number of rotatable bonds is 3. The van der Waals surface area contributed by atoms with Gasteiger partial charge in [0.2, 0.25) is 0 Å². The Morgan fingerprint density at radius 2 is 2.50 bits per heavy atom. The van der Waals surface area contributed by atoms with E-state index in [-0.39, 0.29) is 0 Å². The third kappa shape index (κ3) is 2.89. The molecular weight excluding hydrogens is 208 g/mol. The summed E-state index contributed by atoms with van der Waals surface area (Å²) in [5.74, 6) is 1.19. The second kappa shape index (κ2) is 5.04. The highest BCUT2D eigenvalue weighted by Crippen LogP contribution is 2.29. The van der Waals surface area contributed by atoms with E-state index in [2.05, 4.69) is 42.3 Å². The standard InChI is InChI=1S/C12H16S2/c1-10-4-2-5-11(8-10)14-9-12-6-3-7-13-12/h3,6-8,11H,2,4-5,9H2,1H3. The molecule has 0 nitrogen and oxygen atoms in total. The van der Waals surface area contributed by atoms with Crippen molar-refractivity contribution in [3.05, 3.63) is 34.0 Å². The first-order valence-corrected chi connectivity index (χ1v) is 7.09. The zero-order valence-electron chi connectivity index (χ0n) is 8.53. The first-order chi connectivity index (χ1) is 6.84. The summed E-state index contributed by atoms with van der Waals surface area (Å²) in [5.41, 5.74) is 1.58. The van der Waals surface area contributed by atoms with E-state index in [1.54, 1.807) is 5.57 Å². The number of hydrogen-bond donors (Lipinski definition) is 0. The van der Waals surface area contributed by atoms with E-state index in [1.165, 1.54) is 29.9 Å². The molecule has 0 aromatic carbocycles. The van der Waals surface area contributed by atoms with Gasteiger partial charge in [0.05, 0.1) is 0 Å². The zero-order valence-corrected chi connectivity index (χ0v) is 10.2. The maximum atomic E-state index is 2.46. The van der Waals surface area contributed by atoms with Crippen LogP contribution in [0, 0.1) is 0 Å². The molecular formula is C12H16S2. The maximum absolute atomic E-state index is 2.46. The SMILES string of the molecule is CC1=CC(SCc2cccs2)CCC1. The van der Waals surface area contributed by atoms with Crippen LogP contribution < -0.4 is 0 Å². The first kappa shape index (κ1) is 10.3. The van der Waals surface area contributed by atoms with Gasteiger partial charge < -0.3 is 0 Å². The van der Waals surface area contributed by atoms with Gasteiger partial charge in [0.15, 0.2) is 0 Å². The Bertz CT molecular complexity index is 298. The van der Waals surface area contributed by atoms with Crippen LogP contribution in [-0.2, 0) is 5.75 Å². The first-order valence-electron chi connectivity index (χ1n) is 5.16. The molecule has 0 radical (unpaired) electrons. The highest BCUT2D eigenvalue weighted by atomic mass is 32.2. The molecule has 1 aliphatic rings. The van der Waals surface area contributed by atoms with E-state index in [0.717, 1.165) is 5.25 Å². The van der Waals surface area contributed by atoms with Crippen LogP contribution in [0.3, 0.4) is 0 Å². The molecule has 0 N–H and O–H groups in total. The molecule has 14 heavy (non-hydrogen) atoms. The summed E-state index contributed by atoms with van der Waals surface area (Å²) in [6, 6.07) is 4.37. The van der Waals surface area contributed by atoms with Gasteiger partial charge in [-0.3, -0.25) is 0 Å². The van der Waals surface area contributed by atoms with Crippen molar-refractivity contribution < 1.29 is 0 Å². The fraction of sp³-hybridized carbons (Fsp3) is 0.500. The van der Waals surface area contributed by atoms with Crippen molar-refractivity contribution in [1.82, 2.24) is 0 Å². The number of thioether (sulfide) groups is 1. The second-order valence-electron chi connectivity index (χ2n) is 3.83. The van der Waals surface area contributed by atoms with Crippen molar-refractivity contribution >= 4 is 23.1 Å². The lowest BCUT2D eigenvalue weighted by atomic mass is 10.0. The molecule has 1 atom stereocenters. The lowest BCUT2D eigenvalue weighted by molar-refractivity contribution is 0.711. The van der Waals surface area contributed by atoms with Crippen molar-refractivity contribution in [1.29, 1.82) is 0 Å². The van der Waals surface area contributed by atoms with Crippen LogP contribution in [0.5, 0.6) is 0 Å². The largest absolute Gasteiger partial charge is 0.149 e. The molecule has 1 unspecified atom stereocenters. The summed E-state index contributed by atoms with van der Waals surface area (Å²) >= 11 is 3.96. The van der Waals surface area contributed by atoms with Crippen LogP contribution in [-0.4, -0.2) is 5.25 Å². The van der Waals surface area contributed by atoms with Crippen LogP contribution in [0.1, 0.15) is 31.1 Å². The normalized spacial score (nSPS) is 22.1. The van der Waals surface area contributed by atoms with Crippen LogP contribution in [0.4, 0.5) is 0 Å². The molecule has 0 spiro atoms. The summed E-state index contributed by atoms with van der Waals surface area (Å²) in [7, 11) is 0. The highest BCUT2D eigenvalue weighted by molar-refractivity contribution is 7.99. The van der Waals surface area contributed by atoms with Crippen LogP contribution >= 0.6 is 23.1 Å². The van der Waals surface area contributed by atoms with Gasteiger partial charge in [-0.15, -0.1) is 23.1 Å². The Balaban J connectivity index is 1.83. The van der Waals surface area contributed by atoms with E-state index >= 15 is 0 Å². The number of thiophene rings is 1. The lowest BCUT2D eigenvalue weighted by Gasteiger charge is -2.18. The van der Waals surface area contributed by atoms with Gasteiger partial charge in [0, 0.05) is 15.9 Å². The predicted octanol–water partition coefficient (Wildman–Crippen LogP) is 4.48. The topological polar surface area (TPSA) is 0 Å². The number of allylic oxidation sites excluding steroid dienone is 1. The Labute approximate surface area is 94.4 Å². The third-order valence-corrected chi connectivity index (χ3v) is 4.89. The van der Waals surface area contributed by atoms with Gasteiger partial charge in [-0.2, -0.15) is 0 Å². The van der Waals surface area contributed by atoms with Crippen molar-refractivity contribution in [2.45, 2.75) is 37.2 Å². The third-order valence-electron chi connectivity index (χ3n) is 2.55. The van der Waals surface area contributed by atoms with Crippen molar-refractivity contribution in [3.8, 4) is 0 Å². The van der Waals surface area contributed by atoms with E-state index in [9.17, 15) is 0 Å². The van der Waals surface area contributed by atoms with Gasteiger partial charge >= 0.3 is 0 Å². The lowest BCUT2D eigenvalue weighted by Crippen LogP contribution is -2.05. The Kier molecular flexibility index (Phi) is 3.71. The van der Waals surface area contributed by atoms with Crippen molar-refractivity contribution in [2.75, 3.05) is 0 Å². The average molecular weight is 224 g/mol. The molecule has 0 fully saturated rings. The summed E-state index contributed by atoms with van der Waals surface area (Å²) in [5, 5.41) is 2.93. The maximum Gasteiger partial charge on any atom is 0.0284 e. The number of hydrogen-bond acceptors (Lipinski definition) is 2. The van der Waals surface area contributed by atoms with E-state index in [4.69, 9.17) is 0 Å². The molecule has 0 bridgehead atoms.